The number of benzene rings is 2. The Labute approximate surface area is 133 Å². The molecule has 0 bridgehead atoms. The fourth-order valence-electron chi connectivity index (χ4n) is 2.12. The van der Waals surface area contributed by atoms with Crippen molar-refractivity contribution in [1.82, 2.24) is 5.43 Å². The number of halogens is 1. The summed E-state index contributed by atoms with van der Waals surface area (Å²) in [5.74, 6) is -0.230. The molecule has 1 amide bonds. The SMILES string of the molecule is CC(=NNC(=O)c1ccccc1Br)c1ccc(C)cc1C. The second-order valence-corrected chi connectivity index (χ2v) is 5.79. The van der Waals surface area contributed by atoms with Gasteiger partial charge in [-0.3, -0.25) is 4.79 Å². The predicted octanol–water partition coefficient (Wildman–Crippen LogP) is 4.22. The van der Waals surface area contributed by atoms with Crippen molar-refractivity contribution in [2.24, 2.45) is 5.10 Å². The Hall–Kier alpha value is -1.94. The van der Waals surface area contributed by atoms with Gasteiger partial charge in [0.15, 0.2) is 0 Å². The van der Waals surface area contributed by atoms with Crippen LogP contribution in [-0.2, 0) is 0 Å². The molecule has 2 aromatic carbocycles. The first-order chi connectivity index (χ1) is 9.99. The third-order valence-corrected chi connectivity index (χ3v) is 3.91. The van der Waals surface area contributed by atoms with E-state index in [0.29, 0.717) is 5.56 Å². The minimum Gasteiger partial charge on any atom is -0.267 e. The smallest absolute Gasteiger partial charge is 0.267 e. The predicted molar refractivity (Wildman–Crippen MR) is 89.7 cm³/mol. The standard InChI is InChI=1S/C17H17BrN2O/c1-11-8-9-14(12(2)10-11)13(3)19-20-17(21)15-6-4-5-7-16(15)18/h4-10H,1-3H3,(H,20,21). The Morgan fingerprint density at radius 3 is 2.48 bits per heavy atom. The maximum absolute atomic E-state index is 12.1. The maximum atomic E-state index is 12.1. The van der Waals surface area contributed by atoms with Crippen molar-refractivity contribution in [1.29, 1.82) is 0 Å². The van der Waals surface area contributed by atoms with Crippen LogP contribution in [0.25, 0.3) is 0 Å². The average Bonchev–Trinajstić information content (AvgIpc) is 2.45. The largest absolute Gasteiger partial charge is 0.272 e. The number of carbonyl (C=O) groups excluding carboxylic acids is 1. The van der Waals surface area contributed by atoms with E-state index in [0.717, 1.165) is 21.3 Å². The molecule has 4 heteroatoms. The molecule has 0 spiro atoms. The summed E-state index contributed by atoms with van der Waals surface area (Å²) >= 11 is 3.36. The van der Waals surface area contributed by atoms with Crippen LogP contribution < -0.4 is 5.43 Å². The summed E-state index contributed by atoms with van der Waals surface area (Å²) in [6.45, 7) is 5.98. The summed E-state index contributed by atoms with van der Waals surface area (Å²) in [6.07, 6.45) is 0. The number of rotatable bonds is 3. The molecule has 2 aromatic rings. The molecule has 0 radical (unpaired) electrons. The van der Waals surface area contributed by atoms with E-state index in [2.05, 4.69) is 39.4 Å². The molecule has 0 saturated carbocycles. The minimum atomic E-state index is -0.230. The van der Waals surface area contributed by atoms with Crippen LogP contribution in [-0.4, -0.2) is 11.6 Å². The number of hydrogen-bond donors (Lipinski definition) is 1. The Balaban J connectivity index is 2.17. The van der Waals surface area contributed by atoms with Crippen LogP contribution in [0.3, 0.4) is 0 Å². The molecule has 0 aliphatic heterocycles. The zero-order valence-electron chi connectivity index (χ0n) is 12.3. The molecule has 2 rings (SSSR count). The highest BCUT2D eigenvalue weighted by Crippen LogP contribution is 2.16. The summed E-state index contributed by atoms with van der Waals surface area (Å²) in [7, 11) is 0. The van der Waals surface area contributed by atoms with Gasteiger partial charge in [-0.1, -0.05) is 35.9 Å². The Kier molecular flexibility index (Phi) is 4.91. The number of nitrogens with zero attached hydrogens (tertiary/aromatic N) is 1. The second kappa shape index (κ2) is 6.68. The van der Waals surface area contributed by atoms with Crippen LogP contribution in [0.2, 0.25) is 0 Å². The molecule has 0 aliphatic rings. The molecule has 0 heterocycles. The van der Waals surface area contributed by atoms with Crippen molar-refractivity contribution in [2.75, 3.05) is 0 Å². The average molecular weight is 345 g/mol. The van der Waals surface area contributed by atoms with E-state index in [-0.39, 0.29) is 5.91 Å². The van der Waals surface area contributed by atoms with Crippen molar-refractivity contribution in [3.63, 3.8) is 0 Å². The topological polar surface area (TPSA) is 41.5 Å². The second-order valence-electron chi connectivity index (χ2n) is 4.94. The summed E-state index contributed by atoms with van der Waals surface area (Å²) in [5, 5.41) is 4.20. The first kappa shape index (κ1) is 15.4. The number of nitrogens with one attached hydrogen (secondary N) is 1. The first-order valence-corrected chi connectivity index (χ1v) is 7.45. The highest BCUT2D eigenvalue weighted by molar-refractivity contribution is 9.10. The Bertz CT molecular complexity index is 708. The van der Waals surface area contributed by atoms with Crippen LogP contribution in [0.5, 0.6) is 0 Å². The van der Waals surface area contributed by atoms with Crippen LogP contribution in [0, 0.1) is 13.8 Å². The van der Waals surface area contributed by atoms with Gasteiger partial charge in [-0.2, -0.15) is 5.10 Å². The van der Waals surface area contributed by atoms with Gasteiger partial charge in [-0.15, -0.1) is 0 Å². The molecule has 3 nitrogen and oxygen atoms in total. The lowest BCUT2D eigenvalue weighted by atomic mass is 10.0. The van der Waals surface area contributed by atoms with Crippen molar-refractivity contribution in [2.45, 2.75) is 20.8 Å². The van der Waals surface area contributed by atoms with Gasteiger partial charge in [0.25, 0.3) is 5.91 Å². The molecule has 0 fully saturated rings. The summed E-state index contributed by atoms with van der Waals surface area (Å²) in [6, 6.07) is 13.4. The van der Waals surface area contributed by atoms with Gasteiger partial charge in [0.1, 0.15) is 0 Å². The van der Waals surface area contributed by atoms with E-state index < -0.39 is 0 Å². The molecular formula is C17H17BrN2O. The zero-order valence-corrected chi connectivity index (χ0v) is 13.9. The van der Waals surface area contributed by atoms with E-state index in [1.54, 1.807) is 6.07 Å². The van der Waals surface area contributed by atoms with Gasteiger partial charge < -0.3 is 0 Å². The number of hydrogen-bond acceptors (Lipinski definition) is 2. The third-order valence-electron chi connectivity index (χ3n) is 3.22. The fourth-order valence-corrected chi connectivity index (χ4v) is 2.58. The quantitative estimate of drug-likeness (QED) is 0.657. The lowest BCUT2D eigenvalue weighted by Gasteiger charge is -2.07. The van der Waals surface area contributed by atoms with Gasteiger partial charge in [0.2, 0.25) is 0 Å². The van der Waals surface area contributed by atoms with Crippen LogP contribution >= 0.6 is 15.9 Å². The van der Waals surface area contributed by atoms with Crippen molar-refractivity contribution in [3.05, 3.63) is 69.2 Å². The van der Waals surface area contributed by atoms with Gasteiger partial charge >= 0.3 is 0 Å². The van der Waals surface area contributed by atoms with Crippen LogP contribution in [0.4, 0.5) is 0 Å². The van der Waals surface area contributed by atoms with E-state index in [9.17, 15) is 4.79 Å². The molecule has 108 valence electrons. The molecular weight excluding hydrogens is 328 g/mol. The van der Waals surface area contributed by atoms with Crippen LogP contribution in [0.1, 0.15) is 34.0 Å². The Morgan fingerprint density at radius 1 is 1.10 bits per heavy atom. The van der Waals surface area contributed by atoms with Gasteiger partial charge in [0.05, 0.1) is 11.3 Å². The Morgan fingerprint density at radius 2 is 1.81 bits per heavy atom. The molecule has 0 atom stereocenters. The van der Waals surface area contributed by atoms with E-state index >= 15 is 0 Å². The highest BCUT2D eigenvalue weighted by atomic mass is 79.9. The van der Waals surface area contributed by atoms with Crippen molar-refractivity contribution in [3.8, 4) is 0 Å². The van der Waals surface area contributed by atoms with E-state index in [1.165, 1.54) is 5.56 Å². The molecule has 0 unspecified atom stereocenters. The fraction of sp³-hybridized carbons (Fsp3) is 0.176. The number of amides is 1. The molecule has 0 aromatic heterocycles. The number of hydrazone groups is 1. The zero-order chi connectivity index (χ0) is 15.4. The number of aryl methyl sites for hydroxylation is 2. The lowest BCUT2D eigenvalue weighted by Crippen LogP contribution is -2.20. The summed E-state index contributed by atoms with van der Waals surface area (Å²) in [5.41, 5.74) is 7.34. The first-order valence-electron chi connectivity index (χ1n) is 6.66. The van der Waals surface area contributed by atoms with Crippen molar-refractivity contribution < 1.29 is 4.79 Å². The number of carbonyl (C=O) groups is 1. The monoisotopic (exact) mass is 344 g/mol. The highest BCUT2D eigenvalue weighted by Gasteiger charge is 2.09. The molecule has 21 heavy (non-hydrogen) atoms. The lowest BCUT2D eigenvalue weighted by molar-refractivity contribution is 0.0954. The third kappa shape index (κ3) is 3.79. The normalized spacial score (nSPS) is 11.3. The van der Waals surface area contributed by atoms with Gasteiger partial charge in [-0.25, -0.2) is 5.43 Å². The van der Waals surface area contributed by atoms with E-state index in [4.69, 9.17) is 0 Å². The molecule has 0 aliphatic carbocycles. The van der Waals surface area contributed by atoms with Gasteiger partial charge in [-0.05, 0) is 54.4 Å². The molecule has 0 saturated heterocycles. The van der Waals surface area contributed by atoms with Gasteiger partial charge in [0, 0.05) is 10.0 Å². The minimum absolute atomic E-state index is 0.230. The summed E-state index contributed by atoms with van der Waals surface area (Å²) < 4.78 is 0.752. The molecule has 1 N–H and O–H groups in total. The maximum Gasteiger partial charge on any atom is 0.272 e. The van der Waals surface area contributed by atoms with Crippen LogP contribution in [0.15, 0.2) is 52.0 Å². The van der Waals surface area contributed by atoms with E-state index in [1.807, 2.05) is 44.2 Å². The summed E-state index contributed by atoms with van der Waals surface area (Å²) in [4.78, 5) is 12.1. The van der Waals surface area contributed by atoms with Crippen molar-refractivity contribution >= 4 is 27.5 Å².